The van der Waals surface area contributed by atoms with Gasteiger partial charge < -0.3 is 9.53 Å². The lowest BCUT2D eigenvalue weighted by atomic mass is 9.62. The first-order valence-electron chi connectivity index (χ1n) is 9.03. The van der Waals surface area contributed by atoms with E-state index in [0.29, 0.717) is 29.6 Å². The Balaban J connectivity index is 2.10. The van der Waals surface area contributed by atoms with Crippen LogP contribution in [0.1, 0.15) is 47.5 Å². The zero-order valence-electron chi connectivity index (χ0n) is 15.6. The summed E-state index contributed by atoms with van der Waals surface area (Å²) in [5.74, 6) is 2.54. The van der Waals surface area contributed by atoms with E-state index in [9.17, 15) is 5.11 Å². The van der Waals surface area contributed by atoms with Crippen molar-refractivity contribution in [2.24, 2.45) is 29.6 Å². The Labute approximate surface area is 138 Å². The van der Waals surface area contributed by atoms with Crippen molar-refractivity contribution in [1.82, 2.24) is 0 Å². The molecule has 1 fully saturated rings. The second-order valence-electron chi connectivity index (χ2n) is 9.36. The van der Waals surface area contributed by atoms with E-state index in [4.69, 9.17) is 4.43 Å². The van der Waals surface area contributed by atoms with Gasteiger partial charge in [-0.25, -0.2) is 0 Å². The summed E-state index contributed by atoms with van der Waals surface area (Å²) < 4.78 is 6.52. The van der Waals surface area contributed by atoms with E-state index >= 15 is 0 Å². The lowest BCUT2D eigenvalue weighted by Gasteiger charge is -2.47. The molecule has 2 rings (SSSR count). The summed E-state index contributed by atoms with van der Waals surface area (Å²) in [5.41, 5.74) is 0. The fraction of sp³-hybridized carbons (Fsp3) is 0.895. The number of fused-ring (bicyclic) bond motifs is 1. The normalized spacial score (nSPS) is 39.6. The number of aliphatic hydroxyl groups is 1. The Morgan fingerprint density at radius 1 is 1.14 bits per heavy atom. The van der Waals surface area contributed by atoms with Gasteiger partial charge in [-0.1, -0.05) is 46.8 Å². The number of hydrogen-bond donors (Lipinski definition) is 1. The second kappa shape index (κ2) is 6.41. The zero-order chi connectivity index (χ0) is 16.7. The van der Waals surface area contributed by atoms with E-state index in [1.54, 1.807) is 0 Å². The standard InChI is InChI=1S/C19H36O2Si/c1-13-10-15-9-8-14(2)16(18(15)17(20)11-13)12-21-22(6,7)19(3,4)5/h8-9,13-18,20H,10-12H2,1-7H3/t13-,14+,15+,16+,17+,18+/m1/s1. The molecule has 0 amide bonds. The molecule has 128 valence electrons. The summed E-state index contributed by atoms with van der Waals surface area (Å²) in [7, 11) is -1.72. The summed E-state index contributed by atoms with van der Waals surface area (Å²) in [5, 5.41) is 10.9. The van der Waals surface area contributed by atoms with Crippen LogP contribution in [0.25, 0.3) is 0 Å². The molecule has 0 bridgehead atoms. The van der Waals surface area contributed by atoms with Crippen molar-refractivity contribution in [2.45, 2.75) is 71.7 Å². The van der Waals surface area contributed by atoms with Gasteiger partial charge in [0.1, 0.15) is 0 Å². The van der Waals surface area contributed by atoms with Crippen LogP contribution < -0.4 is 0 Å². The van der Waals surface area contributed by atoms with E-state index in [1.807, 2.05) is 0 Å². The number of aliphatic hydroxyl groups excluding tert-OH is 1. The molecule has 2 aliphatic carbocycles. The largest absolute Gasteiger partial charge is 0.417 e. The topological polar surface area (TPSA) is 29.5 Å². The van der Waals surface area contributed by atoms with Crippen LogP contribution in [-0.4, -0.2) is 26.1 Å². The van der Waals surface area contributed by atoms with Crippen LogP contribution in [0, 0.1) is 29.6 Å². The molecular weight excluding hydrogens is 288 g/mol. The molecule has 2 nitrogen and oxygen atoms in total. The van der Waals surface area contributed by atoms with E-state index < -0.39 is 8.32 Å². The zero-order valence-corrected chi connectivity index (χ0v) is 16.6. The summed E-state index contributed by atoms with van der Waals surface area (Å²) in [6.07, 6.45) is 6.76. The van der Waals surface area contributed by atoms with Crippen LogP contribution in [-0.2, 0) is 4.43 Å². The molecule has 0 aliphatic heterocycles. The van der Waals surface area contributed by atoms with Crippen molar-refractivity contribution >= 4 is 8.32 Å². The third kappa shape index (κ3) is 3.68. The number of hydrogen-bond acceptors (Lipinski definition) is 2. The first-order chi connectivity index (χ1) is 10.0. The first kappa shape index (κ1) is 18.2. The maximum Gasteiger partial charge on any atom is 0.191 e. The molecule has 1 N–H and O–H groups in total. The molecule has 0 heterocycles. The molecule has 22 heavy (non-hydrogen) atoms. The van der Waals surface area contributed by atoms with E-state index in [1.165, 1.54) is 6.42 Å². The summed E-state index contributed by atoms with van der Waals surface area (Å²) in [6, 6.07) is 0. The van der Waals surface area contributed by atoms with Gasteiger partial charge in [-0.2, -0.15) is 0 Å². The Morgan fingerprint density at radius 3 is 2.36 bits per heavy atom. The lowest BCUT2D eigenvalue weighted by molar-refractivity contribution is -0.0342. The first-order valence-corrected chi connectivity index (χ1v) is 11.9. The monoisotopic (exact) mass is 324 g/mol. The average molecular weight is 325 g/mol. The molecule has 0 aromatic heterocycles. The molecular formula is C19H36O2Si. The molecule has 2 aliphatic rings. The highest BCUT2D eigenvalue weighted by Crippen LogP contribution is 2.46. The minimum Gasteiger partial charge on any atom is -0.417 e. The predicted molar refractivity (Wildman–Crippen MR) is 96.3 cm³/mol. The van der Waals surface area contributed by atoms with Gasteiger partial charge in [0.25, 0.3) is 0 Å². The molecule has 0 aromatic rings. The molecule has 6 atom stereocenters. The Hall–Kier alpha value is -0.123. The van der Waals surface area contributed by atoms with Gasteiger partial charge in [-0.3, -0.25) is 0 Å². The SMILES string of the molecule is C[C@H]1C[C@H](O)[C@@H]2[C@@H](CO[Si](C)(C)C(C)(C)C)[C@@H](C)C=C[C@H]2C1. The Kier molecular flexibility index (Phi) is 5.31. The average Bonchev–Trinajstić information content (AvgIpc) is 2.36. The third-order valence-corrected chi connectivity index (χ3v) is 11.0. The second-order valence-corrected chi connectivity index (χ2v) is 14.2. The van der Waals surface area contributed by atoms with Gasteiger partial charge in [0.2, 0.25) is 0 Å². The van der Waals surface area contributed by atoms with Gasteiger partial charge in [-0.05, 0) is 60.6 Å². The summed E-state index contributed by atoms with van der Waals surface area (Å²) >= 11 is 0. The van der Waals surface area contributed by atoms with Crippen molar-refractivity contribution in [3.05, 3.63) is 12.2 Å². The van der Waals surface area contributed by atoms with Crippen molar-refractivity contribution in [1.29, 1.82) is 0 Å². The van der Waals surface area contributed by atoms with E-state index in [2.05, 4.69) is 59.9 Å². The predicted octanol–water partition coefficient (Wildman–Crippen LogP) is 4.85. The molecule has 0 spiro atoms. The van der Waals surface area contributed by atoms with Crippen molar-refractivity contribution < 1.29 is 9.53 Å². The van der Waals surface area contributed by atoms with Gasteiger partial charge in [0.15, 0.2) is 8.32 Å². The van der Waals surface area contributed by atoms with Crippen molar-refractivity contribution in [2.75, 3.05) is 6.61 Å². The minimum atomic E-state index is -1.72. The van der Waals surface area contributed by atoms with Gasteiger partial charge in [0, 0.05) is 6.61 Å². The molecule has 0 unspecified atom stereocenters. The van der Waals surface area contributed by atoms with Gasteiger partial charge in [-0.15, -0.1) is 0 Å². The van der Waals surface area contributed by atoms with Crippen molar-refractivity contribution in [3.8, 4) is 0 Å². The van der Waals surface area contributed by atoms with E-state index in [-0.39, 0.29) is 11.1 Å². The fourth-order valence-electron chi connectivity index (χ4n) is 3.98. The van der Waals surface area contributed by atoms with E-state index in [0.717, 1.165) is 13.0 Å². The highest BCUT2D eigenvalue weighted by atomic mass is 28.4. The third-order valence-electron chi connectivity index (χ3n) is 6.53. The molecule has 0 radical (unpaired) electrons. The molecule has 0 aromatic carbocycles. The highest BCUT2D eigenvalue weighted by molar-refractivity contribution is 6.74. The van der Waals surface area contributed by atoms with Crippen LogP contribution >= 0.6 is 0 Å². The highest BCUT2D eigenvalue weighted by Gasteiger charge is 2.44. The minimum absolute atomic E-state index is 0.158. The number of rotatable bonds is 3. The van der Waals surface area contributed by atoms with Crippen LogP contribution in [0.3, 0.4) is 0 Å². The Morgan fingerprint density at radius 2 is 1.77 bits per heavy atom. The summed E-state index contributed by atoms with van der Waals surface area (Å²) in [4.78, 5) is 0. The van der Waals surface area contributed by atoms with Crippen LogP contribution in [0.4, 0.5) is 0 Å². The van der Waals surface area contributed by atoms with Crippen LogP contribution in [0.2, 0.25) is 18.1 Å². The molecule has 0 saturated heterocycles. The quantitative estimate of drug-likeness (QED) is 0.594. The maximum atomic E-state index is 10.7. The van der Waals surface area contributed by atoms with Crippen molar-refractivity contribution in [3.63, 3.8) is 0 Å². The smallest absolute Gasteiger partial charge is 0.191 e. The Bertz CT molecular complexity index is 410. The fourth-order valence-corrected chi connectivity index (χ4v) is 5.02. The summed E-state index contributed by atoms with van der Waals surface area (Å²) in [6.45, 7) is 16.9. The molecule has 1 saturated carbocycles. The van der Waals surface area contributed by atoms with Crippen LogP contribution in [0.5, 0.6) is 0 Å². The molecule has 3 heteroatoms. The lowest BCUT2D eigenvalue weighted by Crippen LogP contribution is -2.48. The van der Waals surface area contributed by atoms with Crippen LogP contribution in [0.15, 0.2) is 12.2 Å². The maximum absolute atomic E-state index is 10.7. The van der Waals surface area contributed by atoms with Gasteiger partial charge >= 0.3 is 0 Å². The van der Waals surface area contributed by atoms with Gasteiger partial charge in [0.05, 0.1) is 6.10 Å². The number of allylic oxidation sites excluding steroid dienone is 2.